The lowest BCUT2D eigenvalue weighted by atomic mass is 10.1. The number of carbonyl (C=O) groups excluding carboxylic acids is 1. The van der Waals surface area contributed by atoms with Gasteiger partial charge in [-0.15, -0.1) is 0 Å². The van der Waals surface area contributed by atoms with E-state index in [4.69, 9.17) is 21.4 Å². The summed E-state index contributed by atoms with van der Waals surface area (Å²) in [6.45, 7) is 1.91. The molecule has 1 unspecified atom stereocenters. The molecule has 0 aliphatic carbocycles. The van der Waals surface area contributed by atoms with E-state index in [0.29, 0.717) is 16.3 Å². The Morgan fingerprint density at radius 1 is 1.16 bits per heavy atom. The zero-order valence-electron chi connectivity index (χ0n) is 14.1. The van der Waals surface area contributed by atoms with Crippen LogP contribution in [0.2, 0.25) is 5.02 Å². The van der Waals surface area contributed by atoms with Crippen LogP contribution in [0.5, 0.6) is 5.75 Å². The Kier molecular flexibility index (Phi) is 6.42. The molecule has 0 aliphatic rings. The molecular formula is C19H20ClNO4. The second-order valence-corrected chi connectivity index (χ2v) is 6.21. The van der Waals surface area contributed by atoms with Crippen LogP contribution in [0.15, 0.2) is 48.5 Å². The number of benzene rings is 2. The topological polar surface area (TPSA) is 66.8 Å². The number of carboxylic acids is 1. The second kappa shape index (κ2) is 8.53. The molecule has 6 heteroatoms. The van der Waals surface area contributed by atoms with Crippen molar-refractivity contribution in [2.45, 2.75) is 13.5 Å². The lowest BCUT2D eigenvalue weighted by Gasteiger charge is -2.21. The summed E-state index contributed by atoms with van der Waals surface area (Å²) in [6.07, 6.45) is 0. The molecule has 0 fully saturated rings. The summed E-state index contributed by atoms with van der Waals surface area (Å²) >= 11 is 6.12. The molecular weight excluding hydrogens is 342 g/mol. The minimum absolute atomic E-state index is 0.118. The highest BCUT2D eigenvalue weighted by Crippen LogP contribution is 2.23. The number of halogens is 1. The first kappa shape index (κ1) is 18.8. The number of hydrogen-bond donors (Lipinski definition) is 1. The summed E-state index contributed by atoms with van der Waals surface area (Å²) < 4.78 is 5.78. The zero-order chi connectivity index (χ0) is 18.4. The Labute approximate surface area is 151 Å². The average molecular weight is 362 g/mol. The Bertz CT molecular complexity index is 763. The van der Waals surface area contributed by atoms with E-state index in [9.17, 15) is 9.59 Å². The third kappa shape index (κ3) is 4.97. The van der Waals surface area contributed by atoms with E-state index in [0.717, 1.165) is 5.56 Å². The highest BCUT2D eigenvalue weighted by atomic mass is 35.5. The normalized spacial score (nSPS) is 11.6. The lowest BCUT2D eigenvalue weighted by molar-refractivity contribution is -0.141. The van der Waals surface area contributed by atoms with Gasteiger partial charge in [0.15, 0.2) is 0 Å². The first-order valence-corrected chi connectivity index (χ1v) is 8.21. The van der Waals surface area contributed by atoms with Crippen molar-refractivity contribution in [2.75, 3.05) is 13.6 Å². The number of rotatable bonds is 7. The number of carboxylic acid groups (broad SMARTS) is 1. The van der Waals surface area contributed by atoms with Crippen molar-refractivity contribution < 1.29 is 19.4 Å². The maximum Gasteiger partial charge on any atom is 0.308 e. The standard InChI is InChI=1S/C19H20ClNO4/c1-13(19(23)24)11-21(2)18(22)15-8-4-6-10-17(15)25-12-14-7-3-5-9-16(14)20/h3-10,13H,11-12H2,1-2H3,(H,23,24). The number of aliphatic carboxylic acids is 1. The molecule has 2 aromatic rings. The number of amides is 1. The van der Waals surface area contributed by atoms with Crippen molar-refractivity contribution in [3.8, 4) is 5.75 Å². The van der Waals surface area contributed by atoms with Gasteiger partial charge in [0.05, 0.1) is 11.5 Å². The molecule has 0 radical (unpaired) electrons. The molecule has 1 N–H and O–H groups in total. The molecule has 0 aliphatic heterocycles. The van der Waals surface area contributed by atoms with Gasteiger partial charge in [-0.3, -0.25) is 9.59 Å². The first-order valence-electron chi connectivity index (χ1n) is 7.83. The van der Waals surface area contributed by atoms with Gasteiger partial charge < -0.3 is 14.7 Å². The summed E-state index contributed by atoms with van der Waals surface area (Å²) in [6, 6.07) is 14.2. The van der Waals surface area contributed by atoms with Gasteiger partial charge in [-0.1, -0.05) is 48.9 Å². The molecule has 132 valence electrons. The van der Waals surface area contributed by atoms with Gasteiger partial charge in [0.25, 0.3) is 5.91 Å². The molecule has 0 heterocycles. The van der Waals surface area contributed by atoms with Crippen molar-refractivity contribution in [1.29, 1.82) is 0 Å². The highest BCUT2D eigenvalue weighted by molar-refractivity contribution is 6.31. The van der Waals surface area contributed by atoms with Crippen LogP contribution < -0.4 is 4.74 Å². The van der Waals surface area contributed by atoms with E-state index < -0.39 is 11.9 Å². The highest BCUT2D eigenvalue weighted by Gasteiger charge is 2.21. The molecule has 25 heavy (non-hydrogen) atoms. The minimum Gasteiger partial charge on any atom is -0.488 e. The van der Waals surface area contributed by atoms with Crippen molar-refractivity contribution in [3.63, 3.8) is 0 Å². The largest absolute Gasteiger partial charge is 0.488 e. The van der Waals surface area contributed by atoms with E-state index in [2.05, 4.69) is 0 Å². The van der Waals surface area contributed by atoms with E-state index >= 15 is 0 Å². The smallest absolute Gasteiger partial charge is 0.308 e. The van der Waals surface area contributed by atoms with Crippen LogP contribution in [0.25, 0.3) is 0 Å². The van der Waals surface area contributed by atoms with E-state index in [1.807, 2.05) is 18.2 Å². The number of para-hydroxylation sites is 1. The fourth-order valence-electron chi connectivity index (χ4n) is 2.32. The molecule has 0 saturated carbocycles. The third-order valence-corrected chi connectivity index (χ3v) is 4.14. The Morgan fingerprint density at radius 3 is 2.48 bits per heavy atom. The zero-order valence-corrected chi connectivity index (χ0v) is 14.9. The van der Waals surface area contributed by atoms with Crippen molar-refractivity contribution >= 4 is 23.5 Å². The molecule has 0 aromatic heterocycles. The fraction of sp³-hybridized carbons (Fsp3) is 0.263. The molecule has 1 atom stereocenters. The number of hydrogen-bond acceptors (Lipinski definition) is 3. The Balaban J connectivity index is 2.13. The minimum atomic E-state index is -0.942. The molecule has 2 aromatic carbocycles. The molecule has 2 rings (SSSR count). The van der Waals surface area contributed by atoms with Gasteiger partial charge >= 0.3 is 5.97 Å². The summed E-state index contributed by atoms with van der Waals surface area (Å²) in [5, 5.41) is 9.59. The van der Waals surface area contributed by atoms with Crippen LogP contribution in [0.4, 0.5) is 0 Å². The summed E-state index contributed by atoms with van der Waals surface area (Å²) in [5.41, 5.74) is 1.20. The second-order valence-electron chi connectivity index (χ2n) is 5.80. The molecule has 0 saturated heterocycles. The monoisotopic (exact) mass is 361 g/mol. The number of nitrogens with zero attached hydrogens (tertiary/aromatic N) is 1. The maximum atomic E-state index is 12.6. The quantitative estimate of drug-likeness (QED) is 0.816. The SMILES string of the molecule is CC(CN(C)C(=O)c1ccccc1OCc1ccccc1Cl)C(=O)O. The number of ether oxygens (including phenoxy) is 1. The third-order valence-electron chi connectivity index (χ3n) is 3.77. The van der Waals surface area contributed by atoms with Crippen molar-refractivity contribution in [2.24, 2.45) is 5.92 Å². The van der Waals surface area contributed by atoms with E-state index in [1.165, 1.54) is 4.90 Å². The Morgan fingerprint density at radius 2 is 1.80 bits per heavy atom. The van der Waals surface area contributed by atoms with Crippen molar-refractivity contribution in [1.82, 2.24) is 4.90 Å². The van der Waals surface area contributed by atoms with Gasteiger partial charge in [0, 0.05) is 24.2 Å². The number of carbonyl (C=O) groups is 2. The van der Waals surface area contributed by atoms with E-state index in [-0.39, 0.29) is 19.1 Å². The molecule has 1 amide bonds. The molecule has 0 bridgehead atoms. The summed E-state index contributed by atoms with van der Waals surface area (Å²) in [4.78, 5) is 25.0. The van der Waals surface area contributed by atoms with Crippen LogP contribution in [0.1, 0.15) is 22.8 Å². The van der Waals surface area contributed by atoms with Crippen LogP contribution in [0.3, 0.4) is 0 Å². The summed E-state index contributed by atoms with van der Waals surface area (Å²) in [7, 11) is 1.58. The van der Waals surface area contributed by atoms with Gasteiger partial charge in [-0.2, -0.15) is 0 Å². The summed E-state index contributed by atoms with van der Waals surface area (Å²) in [5.74, 6) is -1.45. The van der Waals surface area contributed by atoms with Crippen molar-refractivity contribution in [3.05, 3.63) is 64.7 Å². The van der Waals surface area contributed by atoms with Crippen LogP contribution in [-0.2, 0) is 11.4 Å². The average Bonchev–Trinajstić information content (AvgIpc) is 2.60. The van der Waals surface area contributed by atoms with Gasteiger partial charge in [-0.25, -0.2) is 0 Å². The van der Waals surface area contributed by atoms with Crippen LogP contribution in [-0.4, -0.2) is 35.5 Å². The van der Waals surface area contributed by atoms with Gasteiger partial charge in [0.2, 0.25) is 0 Å². The van der Waals surface area contributed by atoms with Crippen LogP contribution in [0, 0.1) is 5.92 Å². The Hall–Kier alpha value is -2.53. The first-order chi connectivity index (χ1) is 11.9. The lowest BCUT2D eigenvalue weighted by Crippen LogP contribution is -2.33. The molecule has 0 spiro atoms. The maximum absolute atomic E-state index is 12.6. The predicted molar refractivity (Wildman–Crippen MR) is 96.0 cm³/mol. The predicted octanol–water partition coefficient (Wildman–Crippen LogP) is 3.71. The molecule has 5 nitrogen and oxygen atoms in total. The van der Waals surface area contributed by atoms with Gasteiger partial charge in [0.1, 0.15) is 12.4 Å². The van der Waals surface area contributed by atoms with Crippen LogP contribution >= 0.6 is 11.6 Å². The van der Waals surface area contributed by atoms with E-state index in [1.54, 1.807) is 44.3 Å². The fourth-order valence-corrected chi connectivity index (χ4v) is 2.51. The van der Waals surface area contributed by atoms with Gasteiger partial charge in [-0.05, 0) is 18.2 Å².